The summed E-state index contributed by atoms with van der Waals surface area (Å²) in [6, 6.07) is 5.90. The van der Waals surface area contributed by atoms with Crippen molar-refractivity contribution in [2.75, 3.05) is 18.0 Å². The number of anilines is 1. The van der Waals surface area contributed by atoms with Gasteiger partial charge in [0.15, 0.2) is 0 Å². The molecule has 16 heavy (non-hydrogen) atoms. The molecule has 0 amide bonds. The second kappa shape index (κ2) is 5.07. The summed E-state index contributed by atoms with van der Waals surface area (Å²) in [5.74, 6) is 0. The molecule has 2 heterocycles. The molecule has 84 valence electrons. The molecule has 0 N–H and O–H groups in total. The predicted octanol–water partition coefficient (Wildman–Crippen LogP) is 3.05. The lowest BCUT2D eigenvalue weighted by Crippen LogP contribution is -2.20. The normalized spacial score (nSPS) is 10.4. The monoisotopic (exact) mass is 233 g/mol. The van der Waals surface area contributed by atoms with Crippen LogP contribution in [0, 0.1) is 0 Å². The van der Waals surface area contributed by atoms with Crippen LogP contribution in [0.4, 0.5) is 5.00 Å². The first kappa shape index (κ1) is 11.1. The van der Waals surface area contributed by atoms with E-state index in [0.29, 0.717) is 0 Å². The maximum atomic E-state index is 4.42. The van der Waals surface area contributed by atoms with Crippen LogP contribution < -0.4 is 4.90 Å². The summed E-state index contributed by atoms with van der Waals surface area (Å²) >= 11 is 1.70. The van der Waals surface area contributed by atoms with Crippen molar-refractivity contribution in [3.63, 3.8) is 0 Å². The van der Waals surface area contributed by atoms with E-state index in [0.717, 1.165) is 23.8 Å². The fourth-order valence-corrected chi connectivity index (χ4v) is 2.58. The van der Waals surface area contributed by atoms with Gasteiger partial charge in [-0.15, -0.1) is 0 Å². The standard InChI is InChI=1S/C12H15N3S/c1-3-15(4-2)11-9-14-12(16-11)10-7-5-6-8-13-10/h5-9H,3-4H2,1-2H3. The number of aromatic nitrogens is 2. The van der Waals surface area contributed by atoms with Gasteiger partial charge in [0.05, 0.1) is 11.9 Å². The Morgan fingerprint density at radius 3 is 2.62 bits per heavy atom. The smallest absolute Gasteiger partial charge is 0.143 e. The van der Waals surface area contributed by atoms with E-state index in [4.69, 9.17) is 0 Å². The van der Waals surface area contributed by atoms with Crippen LogP contribution in [0.15, 0.2) is 30.6 Å². The van der Waals surface area contributed by atoms with E-state index in [2.05, 4.69) is 28.7 Å². The lowest BCUT2D eigenvalue weighted by atomic mass is 10.4. The molecular formula is C12H15N3S. The molecule has 4 heteroatoms. The number of nitrogens with zero attached hydrogens (tertiary/aromatic N) is 3. The number of hydrogen-bond acceptors (Lipinski definition) is 4. The van der Waals surface area contributed by atoms with Gasteiger partial charge >= 0.3 is 0 Å². The first-order valence-electron chi connectivity index (χ1n) is 5.47. The zero-order valence-electron chi connectivity index (χ0n) is 9.55. The predicted molar refractivity (Wildman–Crippen MR) is 68.9 cm³/mol. The van der Waals surface area contributed by atoms with E-state index in [9.17, 15) is 0 Å². The van der Waals surface area contributed by atoms with Gasteiger partial charge in [0, 0.05) is 19.3 Å². The Bertz CT molecular complexity index is 435. The van der Waals surface area contributed by atoms with Crippen molar-refractivity contribution in [1.82, 2.24) is 9.97 Å². The molecule has 0 bridgehead atoms. The second-order valence-corrected chi connectivity index (χ2v) is 4.40. The number of thiazole rings is 1. The summed E-state index contributed by atoms with van der Waals surface area (Å²) in [6.07, 6.45) is 3.73. The van der Waals surface area contributed by atoms with Gasteiger partial charge < -0.3 is 4.90 Å². The highest BCUT2D eigenvalue weighted by Crippen LogP contribution is 2.29. The van der Waals surface area contributed by atoms with Crippen LogP contribution in [0.3, 0.4) is 0 Å². The Balaban J connectivity index is 2.26. The molecule has 0 aliphatic rings. The van der Waals surface area contributed by atoms with Gasteiger partial charge in [0.25, 0.3) is 0 Å². The average Bonchev–Trinajstić information content (AvgIpc) is 2.81. The van der Waals surface area contributed by atoms with Crippen LogP contribution in [-0.2, 0) is 0 Å². The highest BCUT2D eigenvalue weighted by atomic mass is 32.1. The molecule has 2 rings (SSSR count). The van der Waals surface area contributed by atoms with Gasteiger partial charge in [-0.05, 0) is 26.0 Å². The SMILES string of the molecule is CCN(CC)c1cnc(-c2ccccn2)s1. The molecule has 0 aliphatic heterocycles. The topological polar surface area (TPSA) is 29.0 Å². The summed E-state index contributed by atoms with van der Waals surface area (Å²) in [6.45, 7) is 6.34. The first-order valence-corrected chi connectivity index (χ1v) is 6.29. The van der Waals surface area contributed by atoms with E-state index >= 15 is 0 Å². The molecule has 0 saturated heterocycles. The van der Waals surface area contributed by atoms with Crippen molar-refractivity contribution in [2.24, 2.45) is 0 Å². The van der Waals surface area contributed by atoms with Gasteiger partial charge in [0.1, 0.15) is 10.0 Å². The van der Waals surface area contributed by atoms with Crippen molar-refractivity contribution in [2.45, 2.75) is 13.8 Å². The molecule has 2 aromatic heterocycles. The molecule has 0 fully saturated rings. The van der Waals surface area contributed by atoms with Gasteiger partial charge in [-0.1, -0.05) is 17.4 Å². The van der Waals surface area contributed by atoms with Gasteiger partial charge in [0.2, 0.25) is 0 Å². The quantitative estimate of drug-likeness (QED) is 0.812. The fourth-order valence-electron chi connectivity index (χ4n) is 1.55. The Morgan fingerprint density at radius 1 is 1.19 bits per heavy atom. The number of rotatable bonds is 4. The molecule has 2 aromatic rings. The lowest BCUT2D eigenvalue weighted by Gasteiger charge is -2.17. The van der Waals surface area contributed by atoms with Gasteiger partial charge in [-0.25, -0.2) is 4.98 Å². The van der Waals surface area contributed by atoms with E-state index in [-0.39, 0.29) is 0 Å². The number of pyridine rings is 1. The van der Waals surface area contributed by atoms with E-state index < -0.39 is 0 Å². The summed E-state index contributed by atoms with van der Waals surface area (Å²) in [7, 11) is 0. The first-order chi connectivity index (χ1) is 7.85. The fraction of sp³-hybridized carbons (Fsp3) is 0.333. The highest BCUT2D eigenvalue weighted by molar-refractivity contribution is 7.18. The second-order valence-electron chi connectivity index (χ2n) is 3.39. The number of hydrogen-bond donors (Lipinski definition) is 0. The largest absolute Gasteiger partial charge is 0.363 e. The van der Waals surface area contributed by atoms with Crippen LogP contribution in [-0.4, -0.2) is 23.1 Å². The van der Waals surface area contributed by atoms with E-state index in [1.807, 2.05) is 24.4 Å². The van der Waals surface area contributed by atoms with E-state index in [1.54, 1.807) is 17.5 Å². The highest BCUT2D eigenvalue weighted by Gasteiger charge is 2.08. The van der Waals surface area contributed by atoms with Crippen molar-refractivity contribution in [1.29, 1.82) is 0 Å². The third kappa shape index (κ3) is 2.22. The van der Waals surface area contributed by atoms with Crippen molar-refractivity contribution < 1.29 is 0 Å². The summed E-state index contributed by atoms with van der Waals surface area (Å²) < 4.78 is 0. The minimum atomic E-state index is 0.950. The molecule has 0 atom stereocenters. The van der Waals surface area contributed by atoms with Gasteiger partial charge in [-0.3, -0.25) is 4.98 Å². The average molecular weight is 233 g/mol. The van der Waals surface area contributed by atoms with Crippen molar-refractivity contribution in [3.05, 3.63) is 30.6 Å². The maximum Gasteiger partial charge on any atom is 0.143 e. The molecule has 0 unspecified atom stereocenters. The third-order valence-electron chi connectivity index (χ3n) is 2.45. The molecule has 0 aromatic carbocycles. The lowest BCUT2D eigenvalue weighted by molar-refractivity contribution is 0.874. The van der Waals surface area contributed by atoms with Crippen LogP contribution in [0.2, 0.25) is 0 Å². The molecule has 0 saturated carbocycles. The molecule has 0 spiro atoms. The Labute approximate surface area is 99.8 Å². The van der Waals surface area contributed by atoms with Gasteiger partial charge in [-0.2, -0.15) is 0 Å². The summed E-state index contributed by atoms with van der Waals surface area (Å²) in [5.41, 5.74) is 0.950. The molecular weight excluding hydrogens is 218 g/mol. The minimum absolute atomic E-state index is 0.950. The van der Waals surface area contributed by atoms with Crippen LogP contribution >= 0.6 is 11.3 Å². The Kier molecular flexibility index (Phi) is 3.51. The molecule has 0 aliphatic carbocycles. The van der Waals surface area contributed by atoms with E-state index in [1.165, 1.54) is 5.00 Å². The zero-order chi connectivity index (χ0) is 11.4. The summed E-state index contributed by atoms with van der Waals surface area (Å²) in [5, 5.41) is 2.20. The molecule has 3 nitrogen and oxygen atoms in total. The minimum Gasteiger partial charge on any atom is -0.363 e. The Hall–Kier alpha value is -1.42. The van der Waals surface area contributed by atoms with Crippen LogP contribution in [0.1, 0.15) is 13.8 Å². The Morgan fingerprint density at radius 2 is 2.00 bits per heavy atom. The zero-order valence-corrected chi connectivity index (χ0v) is 10.4. The summed E-state index contributed by atoms with van der Waals surface area (Å²) in [4.78, 5) is 11.0. The van der Waals surface area contributed by atoms with Crippen molar-refractivity contribution >= 4 is 16.3 Å². The van der Waals surface area contributed by atoms with Crippen LogP contribution in [0.25, 0.3) is 10.7 Å². The third-order valence-corrected chi connectivity index (χ3v) is 3.53. The van der Waals surface area contributed by atoms with Crippen molar-refractivity contribution in [3.8, 4) is 10.7 Å². The van der Waals surface area contributed by atoms with Crippen LogP contribution in [0.5, 0.6) is 0 Å². The maximum absolute atomic E-state index is 4.42. The molecule has 0 radical (unpaired) electrons.